The molecule has 1 aromatic rings. The number of nitrogens with one attached hydrogen (secondary N) is 4. The highest BCUT2D eigenvalue weighted by atomic mass is 19.1. The van der Waals surface area contributed by atoms with Crippen LogP contribution in [-0.4, -0.2) is 30.4 Å². The van der Waals surface area contributed by atoms with Crippen LogP contribution in [0.4, 0.5) is 20.6 Å². The van der Waals surface area contributed by atoms with Crippen LogP contribution in [0, 0.1) is 11.7 Å². The van der Waals surface area contributed by atoms with E-state index in [1.165, 1.54) is 18.2 Å². The van der Waals surface area contributed by atoms with Gasteiger partial charge in [0.2, 0.25) is 11.8 Å². The van der Waals surface area contributed by atoms with Crippen LogP contribution in [0.2, 0.25) is 0 Å². The maximum Gasteiger partial charge on any atom is 0.321 e. The Hall–Kier alpha value is -2.64. The van der Waals surface area contributed by atoms with Gasteiger partial charge in [-0.3, -0.25) is 14.9 Å². The fourth-order valence-electron chi connectivity index (χ4n) is 2.03. The van der Waals surface area contributed by atoms with Gasteiger partial charge in [0.25, 0.3) is 0 Å². The second kappa shape index (κ2) is 7.76. The molecule has 1 fully saturated rings. The van der Waals surface area contributed by atoms with E-state index in [4.69, 9.17) is 0 Å². The van der Waals surface area contributed by atoms with E-state index in [2.05, 4.69) is 21.3 Å². The van der Waals surface area contributed by atoms with Crippen molar-refractivity contribution in [3.8, 4) is 0 Å². The van der Waals surface area contributed by atoms with Crippen LogP contribution in [0.3, 0.4) is 0 Å². The number of carbonyl (C=O) groups is 3. The Kier molecular flexibility index (Phi) is 5.73. The average molecular weight is 336 g/mol. The normalized spacial score (nSPS) is 14.5. The van der Waals surface area contributed by atoms with Crippen molar-refractivity contribution in [1.29, 1.82) is 0 Å². The summed E-state index contributed by atoms with van der Waals surface area (Å²) in [5.74, 6) is -1.31. The molecule has 4 N–H and O–H groups in total. The van der Waals surface area contributed by atoms with E-state index in [1.807, 2.05) is 0 Å². The minimum Gasteiger partial charge on any atom is -0.374 e. The monoisotopic (exact) mass is 336 g/mol. The quantitative estimate of drug-likeness (QED) is 0.637. The van der Waals surface area contributed by atoms with Crippen molar-refractivity contribution in [2.24, 2.45) is 5.92 Å². The fraction of sp³-hybridized carbons (Fsp3) is 0.438. The summed E-state index contributed by atoms with van der Waals surface area (Å²) in [7, 11) is 0. The topological polar surface area (TPSA) is 99.3 Å². The van der Waals surface area contributed by atoms with E-state index in [0.717, 1.165) is 12.8 Å². The molecule has 0 aromatic heterocycles. The van der Waals surface area contributed by atoms with Crippen molar-refractivity contribution in [1.82, 2.24) is 10.6 Å². The summed E-state index contributed by atoms with van der Waals surface area (Å²) >= 11 is 0. The molecule has 1 atom stereocenters. The van der Waals surface area contributed by atoms with Crippen molar-refractivity contribution < 1.29 is 18.8 Å². The first-order valence-electron chi connectivity index (χ1n) is 7.86. The number of urea groups is 1. The second-order valence-electron chi connectivity index (χ2n) is 5.67. The molecular formula is C16H21FN4O3. The third kappa shape index (κ3) is 4.94. The van der Waals surface area contributed by atoms with E-state index < -0.39 is 23.8 Å². The number of rotatable bonds is 6. The van der Waals surface area contributed by atoms with Gasteiger partial charge in [-0.2, -0.15) is 0 Å². The molecule has 130 valence electrons. The van der Waals surface area contributed by atoms with Crippen LogP contribution in [-0.2, 0) is 9.59 Å². The summed E-state index contributed by atoms with van der Waals surface area (Å²) < 4.78 is 13.8. The van der Waals surface area contributed by atoms with Gasteiger partial charge in [-0.15, -0.1) is 0 Å². The van der Waals surface area contributed by atoms with Crippen LogP contribution < -0.4 is 21.3 Å². The fourth-order valence-corrected chi connectivity index (χ4v) is 2.03. The predicted octanol–water partition coefficient (Wildman–Crippen LogP) is 1.82. The largest absolute Gasteiger partial charge is 0.374 e. The Morgan fingerprint density at radius 3 is 2.62 bits per heavy atom. The molecule has 1 saturated carbocycles. The maximum absolute atomic E-state index is 13.8. The predicted molar refractivity (Wildman–Crippen MR) is 88.1 cm³/mol. The second-order valence-corrected chi connectivity index (χ2v) is 5.67. The first-order valence-corrected chi connectivity index (χ1v) is 7.86. The van der Waals surface area contributed by atoms with E-state index in [9.17, 15) is 18.8 Å². The minimum absolute atomic E-state index is 0.0391. The zero-order chi connectivity index (χ0) is 17.7. The first-order chi connectivity index (χ1) is 11.4. The van der Waals surface area contributed by atoms with Crippen LogP contribution in [0.15, 0.2) is 18.2 Å². The van der Waals surface area contributed by atoms with Gasteiger partial charge in [0, 0.05) is 18.2 Å². The average Bonchev–Trinajstić information content (AvgIpc) is 3.35. The SMILES string of the molecule is CCNC(=O)NC(=O)[C@H](C)Nc1ccc(F)c(NC(=O)C2CC2)c1. The molecule has 0 heterocycles. The van der Waals surface area contributed by atoms with Gasteiger partial charge in [0.15, 0.2) is 0 Å². The van der Waals surface area contributed by atoms with Crippen molar-refractivity contribution in [3.05, 3.63) is 24.0 Å². The Morgan fingerprint density at radius 1 is 1.29 bits per heavy atom. The number of imide groups is 1. The van der Waals surface area contributed by atoms with E-state index in [1.54, 1.807) is 13.8 Å². The summed E-state index contributed by atoms with van der Waals surface area (Å²) in [6.45, 7) is 3.71. The molecule has 1 aliphatic carbocycles. The van der Waals surface area contributed by atoms with E-state index >= 15 is 0 Å². The minimum atomic E-state index is -0.718. The number of anilines is 2. The number of benzene rings is 1. The number of halogens is 1. The number of amides is 4. The van der Waals surface area contributed by atoms with Crippen molar-refractivity contribution >= 4 is 29.2 Å². The summed E-state index contributed by atoms with van der Waals surface area (Å²) in [5, 5.41) is 10.1. The van der Waals surface area contributed by atoms with Gasteiger partial charge >= 0.3 is 6.03 Å². The standard InChI is InChI=1S/C16H21FN4O3/c1-3-18-16(24)21-14(22)9(2)19-11-6-7-12(17)13(8-11)20-15(23)10-4-5-10/h6-10,19H,3-5H2,1-2H3,(H,20,23)(H2,18,21,22,24)/t9-/m0/s1. The highest BCUT2D eigenvalue weighted by Crippen LogP contribution is 2.31. The smallest absolute Gasteiger partial charge is 0.321 e. The molecule has 0 radical (unpaired) electrons. The molecule has 1 aromatic carbocycles. The number of carbonyl (C=O) groups excluding carboxylic acids is 3. The summed E-state index contributed by atoms with van der Waals surface area (Å²) in [6, 6.07) is 2.79. The lowest BCUT2D eigenvalue weighted by Gasteiger charge is -2.16. The van der Waals surface area contributed by atoms with Crippen molar-refractivity contribution in [2.75, 3.05) is 17.2 Å². The lowest BCUT2D eigenvalue weighted by molar-refractivity contribution is -0.120. The lowest BCUT2D eigenvalue weighted by Crippen LogP contribution is -2.45. The van der Waals surface area contributed by atoms with Gasteiger partial charge in [0.05, 0.1) is 5.69 Å². The Bertz CT molecular complexity index is 646. The van der Waals surface area contributed by atoms with Gasteiger partial charge < -0.3 is 16.0 Å². The van der Waals surface area contributed by atoms with E-state index in [0.29, 0.717) is 12.2 Å². The van der Waals surface area contributed by atoms with E-state index in [-0.39, 0.29) is 17.5 Å². The molecular weight excluding hydrogens is 315 g/mol. The molecule has 4 amide bonds. The van der Waals surface area contributed by atoms with Crippen molar-refractivity contribution in [3.63, 3.8) is 0 Å². The molecule has 0 unspecified atom stereocenters. The maximum atomic E-state index is 13.8. The molecule has 7 nitrogen and oxygen atoms in total. The molecule has 8 heteroatoms. The highest BCUT2D eigenvalue weighted by molar-refractivity contribution is 5.98. The summed E-state index contributed by atoms with van der Waals surface area (Å²) in [6.07, 6.45) is 1.64. The summed E-state index contributed by atoms with van der Waals surface area (Å²) in [4.78, 5) is 35.0. The molecule has 24 heavy (non-hydrogen) atoms. The first kappa shape index (κ1) is 17.7. The molecule has 0 spiro atoms. The zero-order valence-corrected chi connectivity index (χ0v) is 13.6. The highest BCUT2D eigenvalue weighted by Gasteiger charge is 2.30. The van der Waals surface area contributed by atoms with Crippen LogP contribution in [0.1, 0.15) is 26.7 Å². The van der Waals surface area contributed by atoms with Crippen LogP contribution in [0.5, 0.6) is 0 Å². The Morgan fingerprint density at radius 2 is 2.00 bits per heavy atom. The Labute approximate surface area is 139 Å². The van der Waals surface area contributed by atoms with Crippen LogP contribution >= 0.6 is 0 Å². The van der Waals surface area contributed by atoms with Gasteiger partial charge in [-0.05, 0) is 44.9 Å². The van der Waals surface area contributed by atoms with Gasteiger partial charge in [0.1, 0.15) is 11.9 Å². The Balaban J connectivity index is 1.97. The molecule has 0 bridgehead atoms. The summed E-state index contributed by atoms with van der Waals surface area (Å²) in [5.41, 5.74) is 0.522. The zero-order valence-electron chi connectivity index (χ0n) is 13.6. The third-order valence-corrected chi connectivity index (χ3v) is 3.52. The van der Waals surface area contributed by atoms with Crippen LogP contribution in [0.25, 0.3) is 0 Å². The molecule has 2 rings (SSSR count). The van der Waals surface area contributed by atoms with Gasteiger partial charge in [-0.1, -0.05) is 0 Å². The third-order valence-electron chi connectivity index (χ3n) is 3.52. The molecule has 1 aliphatic rings. The lowest BCUT2D eigenvalue weighted by atomic mass is 10.2. The molecule has 0 aliphatic heterocycles. The number of hydrogen-bond acceptors (Lipinski definition) is 4. The van der Waals surface area contributed by atoms with Crippen molar-refractivity contribution in [2.45, 2.75) is 32.7 Å². The number of hydrogen-bond donors (Lipinski definition) is 4. The molecule has 0 saturated heterocycles. The van der Waals surface area contributed by atoms with Gasteiger partial charge in [-0.25, -0.2) is 9.18 Å².